The summed E-state index contributed by atoms with van der Waals surface area (Å²) < 4.78 is 0. The smallest absolute Gasteiger partial charge is 0.286 e. The van der Waals surface area contributed by atoms with Crippen LogP contribution >= 0.6 is 22.9 Å². The van der Waals surface area contributed by atoms with Crippen LogP contribution in [0.1, 0.15) is 30.7 Å². The highest BCUT2D eigenvalue weighted by molar-refractivity contribution is 7.13. The van der Waals surface area contributed by atoms with Crippen LogP contribution < -0.4 is 10.6 Å². The maximum atomic E-state index is 12.2. The number of carbonyl (C=O) groups is 2. The summed E-state index contributed by atoms with van der Waals surface area (Å²) in [5.74, 6) is -0.574. The van der Waals surface area contributed by atoms with Crippen LogP contribution in [0.2, 0.25) is 5.02 Å². The normalized spacial score (nSPS) is 10.4. The predicted octanol–water partition coefficient (Wildman–Crippen LogP) is 3.68. The van der Waals surface area contributed by atoms with Crippen LogP contribution in [0, 0.1) is 6.92 Å². The van der Waals surface area contributed by atoms with Gasteiger partial charge in [0, 0.05) is 16.3 Å². The number of nitrogens with one attached hydrogen (secondary N) is 2. The molecule has 0 aliphatic heterocycles. The SMILES string of the molecule is Cc1cccc(C(=O)NCc2nnc(C(=O)Nc3cccc(Cl)c3)s2)c1. The van der Waals surface area contributed by atoms with E-state index in [0.29, 0.717) is 21.3 Å². The third-order valence-electron chi connectivity index (χ3n) is 3.42. The highest BCUT2D eigenvalue weighted by Crippen LogP contribution is 2.17. The summed E-state index contributed by atoms with van der Waals surface area (Å²) in [6.07, 6.45) is 0. The third kappa shape index (κ3) is 4.65. The molecule has 0 aliphatic rings. The van der Waals surface area contributed by atoms with Crippen LogP contribution in [-0.4, -0.2) is 22.0 Å². The summed E-state index contributed by atoms with van der Waals surface area (Å²) in [5, 5.41) is 14.6. The molecule has 2 N–H and O–H groups in total. The highest BCUT2D eigenvalue weighted by Gasteiger charge is 2.14. The summed E-state index contributed by atoms with van der Waals surface area (Å²) in [4.78, 5) is 24.3. The van der Waals surface area contributed by atoms with Crippen LogP contribution in [0.25, 0.3) is 0 Å². The average molecular weight is 387 g/mol. The van der Waals surface area contributed by atoms with Gasteiger partial charge in [-0.3, -0.25) is 9.59 Å². The Hall–Kier alpha value is -2.77. The topological polar surface area (TPSA) is 84.0 Å². The largest absolute Gasteiger partial charge is 0.345 e. The van der Waals surface area contributed by atoms with Gasteiger partial charge in [-0.15, -0.1) is 10.2 Å². The fourth-order valence-corrected chi connectivity index (χ4v) is 3.08. The second-order valence-electron chi connectivity index (χ2n) is 5.52. The zero-order valence-electron chi connectivity index (χ0n) is 13.8. The van der Waals surface area contributed by atoms with E-state index in [1.807, 2.05) is 19.1 Å². The van der Waals surface area contributed by atoms with Crippen molar-refractivity contribution in [2.24, 2.45) is 0 Å². The molecular formula is C18H15ClN4O2S. The number of amides is 2. The molecule has 3 rings (SSSR count). The van der Waals surface area contributed by atoms with Crippen molar-refractivity contribution < 1.29 is 9.59 Å². The zero-order valence-corrected chi connectivity index (χ0v) is 15.4. The maximum Gasteiger partial charge on any atom is 0.286 e. The van der Waals surface area contributed by atoms with Crippen LogP contribution in [0.5, 0.6) is 0 Å². The molecule has 0 radical (unpaired) electrons. The average Bonchev–Trinajstić information content (AvgIpc) is 3.09. The number of benzene rings is 2. The van der Waals surface area contributed by atoms with E-state index in [-0.39, 0.29) is 23.4 Å². The summed E-state index contributed by atoms with van der Waals surface area (Å²) >= 11 is 7.02. The van der Waals surface area contributed by atoms with Gasteiger partial charge in [0.1, 0.15) is 5.01 Å². The minimum Gasteiger partial charge on any atom is -0.345 e. The number of anilines is 1. The Morgan fingerprint density at radius 2 is 1.88 bits per heavy atom. The Morgan fingerprint density at radius 1 is 1.08 bits per heavy atom. The van der Waals surface area contributed by atoms with E-state index in [1.165, 1.54) is 0 Å². The van der Waals surface area contributed by atoms with Gasteiger partial charge in [0.15, 0.2) is 0 Å². The second kappa shape index (κ2) is 8.07. The molecule has 0 fully saturated rings. The molecule has 0 atom stereocenters. The van der Waals surface area contributed by atoms with Gasteiger partial charge in [0.05, 0.1) is 6.54 Å². The number of hydrogen-bond donors (Lipinski definition) is 2. The summed E-state index contributed by atoms with van der Waals surface area (Å²) in [6, 6.07) is 14.1. The van der Waals surface area contributed by atoms with Crippen LogP contribution in [-0.2, 0) is 6.54 Å². The Morgan fingerprint density at radius 3 is 2.65 bits per heavy atom. The molecule has 0 saturated carbocycles. The van der Waals surface area contributed by atoms with Crippen molar-refractivity contribution in [3.63, 3.8) is 0 Å². The van der Waals surface area contributed by atoms with E-state index in [2.05, 4.69) is 20.8 Å². The molecule has 26 heavy (non-hydrogen) atoms. The summed E-state index contributed by atoms with van der Waals surface area (Å²) in [6.45, 7) is 2.13. The lowest BCUT2D eigenvalue weighted by Gasteiger charge is -2.03. The second-order valence-corrected chi connectivity index (χ2v) is 7.02. The van der Waals surface area contributed by atoms with Gasteiger partial charge < -0.3 is 10.6 Å². The van der Waals surface area contributed by atoms with Gasteiger partial charge in [0.2, 0.25) is 5.01 Å². The first-order valence-electron chi connectivity index (χ1n) is 7.75. The van der Waals surface area contributed by atoms with Crippen molar-refractivity contribution in [1.82, 2.24) is 15.5 Å². The first-order chi connectivity index (χ1) is 12.5. The minimum atomic E-state index is -0.374. The first-order valence-corrected chi connectivity index (χ1v) is 8.95. The lowest BCUT2D eigenvalue weighted by Crippen LogP contribution is -2.22. The van der Waals surface area contributed by atoms with Gasteiger partial charge in [-0.1, -0.05) is 46.7 Å². The summed E-state index contributed by atoms with van der Waals surface area (Å²) in [7, 11) is 0. The number of hydrogen-bond acceptors (Lipinski definition) is 5. The molecule has 2 aromatic carbocycles. The number of aromatic nitrogens is 2. The number of rotatable bonds is 5. The van der Waals surface area contributed by atoms with Crippen molar-refractivity contribution >= 4 is 40.4 Å². The molecule has 132 valence electrons. The third-order valence-corrected chi connectivity index (χ3v) is 4.58. The Bertz CT molecular complexity index is 958. The zero-order chi connectivity index (χ0) is 18.5. The molecule has 3 aromatic rings. The summed E-state index contributed by atoms with van der Waals surface area (Å²) in [5.41, 5.74) is 2.16. The molecule has 0 aliphatic carbocycles. The van der Waals surface area contributed by atoms with Crippen LogP contribution in [0.4, 0.5) is 5.69 Å². The lowest BCUT2D eigenvalue weighted by atomic mass is 10.1. The molecule has 0 bridgehead atoms. The van der Waals surface area contributed by atoms with E-state index in [4.69, 9.17) is 11.6 Å². The quantitative estimate of drug-likeness (QED) is 0.700. The monoisotopic (exact) mass is 386 g/mol. The van der Waals surface area contributed by atoms with Crippen LogP contribution in [0.15, 0.2) is 48.5 Å². The Labute approximate surface area is 159 Å². The van der Waals surface area contributed by atoms with Gasteiger partial charge >= 0.3 is 0 Å². The number of aryl methyl sites for hydroxylation is 1. The fraction of sp³-hybridized carbons (Fsp3) is 0.111. The van der Waals surface area contributed by atoms with E-state index < -0.39 is 0 Å². The Kier molecular flexibility index (Phi) is 5.60. The molecule has 0 unspecified atom stereocenters. The molecule has 6 nitrogen and oxygen atoms in total. The maximum absolute atomic E-state index is 12.2. The number of halogens is 1. The van der Waals surface area contributed by atoms with Gasteiger partial charge in [-0.2, -0.15) is 0 Å². The van der Waals surface area contributed by atoms with Crippen LogP contribution in [0.3, 0.4) is 0 Å². The molecular weight excluding hydrogens is 372 g/mol. The van der Waals surface area contributed by atoms with E-state index in [9.17, 15) is 9.59 Å². The van der Waals surface area contributed by atoms with Crippen molar-refractivity contribution in [2.45, 2.75) is 13.5 Å². The number of nitrogens with zero attached hydrogens (tertiary/aromatic N) is 2. The van der Waals surface area contributed by atoms with Gasteiger partial charge in [-0.25, -0.2) is 0 Å². The molecule has 0 saturated heterocycles. The molecule has 8 heteroatoms. The van der Waals surface area contributed by atoms with E-state index in [1.54, 1.807) is 36.4 Å². The van der Waals surface area contributed by atoms with Gasteiger partial charge in [-0.05, 0) is 37.3 Å². The minimum absolute atomic E-state index is 0.200. The predicted molar refractivity (Wildman–Crippen MR) is 102 cm³/mol. The highest BCUT2D eigenvalue weighted by atomic mass is 35.5. The van der Waals surface area contributed by atoms with Crippen molar-refractivity contribution in [3.05, 3.63) is 74.7 Å². The van der Waals surface area contributed by atoms with Crippen molar-refractivity contribution in [3.8, 4) is 0 Å². The number of carbonyl (C=O) groups excluding carboxylic acids is 2. The molecule has 0 spiro atoms. The van der Waals surface area contributed by atoms with E-state index in [0.717, 1.165) is 16.9 Å². The first kappa shape index (κ1) is 18.0. The van der Waals surface area contributed by atoms with Gasteiger partial charge in [0.25, 0.3) is 11.8 Å². The fourth-order valence-electron chi connectivity index (χ4n) is 2.21. The van der Waals surface area contributed by atoms with Crippen molar-refractivity contribution in [2.75, 3.05) is 5.32 Å². The van der Waals surface area contributed by atoms with E-state index >= 15 is 0 Å². The standard InChI is InChI=1S/C18H15ClN4O2S/c1-11-4-2-5-12(8-11)16(24)20-10-15-22-23-18(26-15)17(25)21-14-7-3-6-13(19)9-14/h2-9H,10H2,1H3,(H,20,24)(H,21,25). The molecule has 1 aromatic heterocycles. The molecule has 1 heterocycles. The van der Waals surface area contributed by atoms with Crippen molar-refractivity contribution in [1.29, 1.82) is 0 Å². The Balaban J connectivity index is 1.59. The lowest BCUT2D eigenvalue weighted by molar-refractivity contribution is 0.0949. The molecule has 2 amide bonds.